The van der Waals surface area contributed by atoms with Gasteiger partial charge in [-0.2, -0.15) is 0 Å². The van der Waals surface area contributed by atoms with E-state index >= 15 is 0 Å². The fourth-order valence-electron chi connectivity index (χ4n) is 2.81. The lowest BCUT2D eigenvalue weighted by Gasteiger charge is -2.09. The normalized spacial score (nSPS) is 13.8. The molecular formula is C19H21N5O. The van der Waals surface area contributed by atoms with E-state index in [2.05, 4.69) is 46.8 Å². The number of nitrogens with one attached hydrogen (secondary N) is 2. The molecule has 2 heterocycles. The highest BCUT2D eigenvalue weighted by atomic mass is 16.1. The number of benzene rings is 1. The molecule has 1 amide bonds. The van der Waals surface area contributed by atoms with Gasteiger partial charge in [0.05, 0.1) is 6.20 Å². The molecule has 0 atom stereocenters. The lowest BCUT2D eigenvalue weighted by molar-refractivity contribution is -0.120. The van der Waals surface area contributed by atoms with E-state index in [0.717, 1.165) is 35.6 Å². The first-order chi connectivity index (χ1) is 12.2. The van der Waals surface area contributed by atoms with E-state index in [4.69, 9.17) is 4.98 Å². The molecule has 0 saturated heterocycles. The molecule has 2 aromatic heterocycles. The lowest BCUT2D eigenvalue weighted by atomic mass is 10.1. The Morgan fingerprint density at radius 1 is 1.28 bits per heavy atom. The summed E-state index contributed by atoms with van der Waals surface area (Å²) in [5.41, 5.74) is 3.90. The molecule has 1 aliphatic rings. The number of hydrogen-bond donors (Lipinski definition) is 2. The largest absolute Gasteiger partial charge is 0.369 e. The molecule has 1 aliphatic carbocycles. The lowest BCUT2D eigenvalue weighted by Crippen LogP contribution is -2.27. The van der Waals surface area contributed by atoms with Gasteiger partial charge < -0.3 is 10.6 Å². The van der Waals surface area contributed by atoms with Crippen molar-refractivity contribution in [3.63, 3.8) is 0 Å². The minimum Gasteiger partial charge on any atom is -0.369 e. The zero-order valence-electron chi connectivity index (χ0n) is 14.2. The van der Waals surface area contributed by atoms with Gasteiger partial charge in [0.1, 0.15) is 11.5 Å². The van der Waals surface area contributed by atoms with Crippen LogP contribution in [0.1, 0.15) is 24.8 Å². The zero-order chi connectivity index (χ0) is 17.2. The Labute approximate surface area is 146 Å². The van der Waals surface area contributed by atoms with Crippen LogP contribution in [0.15, 0.2) is 42.9 Å². The maximum Gasteiger partial charge on any atom is 0.221 e. The second-order valence-electron chi connectivity index (χ2n) is 6.50. The minimum atomic E-state index is 0.0994. The van der Waals surface area contributed by atoms with Crippen molar-refractivity contribution < 1.29 is 4.79 Å². The smallest absolute Gasteiger partial charge is 0.221 e. The second-order valence-corrected chi connectivity index (χ2v) is 6.50. The third-order valence-corrected chi connectivity index (χ3v) is 4.34. The minimum absolute atomic E-state index is 0.0994. The first-order valence-corrected chi connectivity index (χ1v) is 8.63. The van der Waals surface area contributed by atoms with E-state index in [0.29, 0.717) is 19.0 Å². The van der Waals surface area contributed by atoms with Crippen LogP contribution in [-0.2, 0) is 4.79 Å². The van der Waals surface area contributed by atoms with Crippen LogP contribution in [0.4, 0.5) is 5.82 Å². The Hall–Kier alpha value is -2.89. The number of fused-ring (bicyclic) bond motifs is 1. The fourth-order valence-corrected chi connectivity index (χ4v) is 2.81. The summed E-state index contributed by atoms with van der Waals surface area (Å²) in [4.78, 5) is 20.7. The van der Waals surface area contributed by atoms with Crippen LogP contribution >= 0.6 is 0 Å². The molecule has 6 nitrogen and oxygen atoms in total. The maximum atomic E-state index is 11.9. The van der Waals surface area contributed by atoms with Gasteiger partial charge >= 0.3 is 0 Å². The number of carbonyl (C=O) groups is 1. The summed E-state index contributed by atoms with van der Waals surface area (Å²) < 4.78 is 1.97. The van der Waals surface area contributed by atoms with Crippen LogP contribution in [-0.4, -0.2) is 32.9 Å². The van der Waals surface area contributed by atoms with Crippen LogP contribution in [0, 0.1) is 6.92 Å². The number of rotatable bonds is 6. The summed E-state index contributed by atoms with van der Waals surface area (Å²) in [6.07, 6.45) is 8.02. The van der Waals surface area contributed by atoms with Crippen molar-refractivity contribution in [2.24, 2.45) is 0 Å². The number of carbonyl (C=O) groups excluding carboxylic acids is 1. The van der Waals surface area contributed by atoms with Gasteiger partial charge in [0.2, 0.25) is 5.91 Å². The third kappa shape index (κ3) is 3.47. The van der Waals surface area contributed by atoms with Gasteiger partial charge in [0.15, 0.2) is 5.65 Å². The van der Waals surface area contributed by atoms with Crippen molar-refractivity contribution in [1.82, 2.24) is 19.7 Å². The molecule has 0 bridgehead atoms. The maximum absolute atomic E-state index is 11.9. The van der Waals surface area contributed by atoms with E-state index in [-0.39, 0.29) is 5.91 Å². The molecular weight excluding hydrogens is 314 g/mol. The first-order valence-electron chi connectivity index (χ1n) is 8.63. The van der Waals surface area contributed by atoms with Gasteiger partial charge in [-0.05, 0) is 19.8 Å². The molecule has 1 aromatic carbocycles. The molecule has 0 radical (unpaired) electrons. The fraction of sp³-hybridized carbons (Fsp3) is 0.316. The molecule has 0 aliphatic heterocycles. The Bertz CT molecular complexity index is 896. The van der Waals surface area contributed by atoms with Gasteiger partial charge in [-0.25, -0.2) is 4.98 Å². The molecule has 0 spiro atoms. The molecule has 1 saturated carbocycles. The average molecular weight is 335 g/mol. The molecule has 3 aromatic rings. The van der Waals surface area contributed by atoms with E-state index in [9.17, 15) is 4.79 Å². The SMILES string of the molecule is Cc1ccc(-c2nc3cnccn3c2NCCC(=O)NC2CC2)cc1. The third-order valence-electron chi connectivity index (χ3n) is 4.34. The Morgan fingerprint density at radius 3 is 2.84 bits per heavy atom. The van der Waals surface area contributed by atoms with Crippen LogP contribution in [0.2, 0.25) is 0 Å². The van der Waals surface area contributed by atoms with E-state index in [1.54, 1.807) is 12.4 Å². The van der Waals surface area contributed by atoms with Crippen molar-refractivity contribution in [1.29, 1.82) is 0 Å². The highest BCUT2D eigenvalue weighted by Crippen LogP contribution is 2.28. The predicted molar refractivity (Wildman–Crippen MR) is 97.4 cm³/mol. The number of hydrogen-bond acceptors (Lipinski definition) is 4. The van der Waals surface area contributed by atoms with E-state index in [1.165, 1.54) is 5.56 Å². The van der Waals surface area contributed by atoms with Crippen LogP contribution in [0.5, 0.6) is 0 Å². The number of amides is 1. The van der Waals surface area contributed by atoms with Crippen LogP contribution in [0.25, 0.3) is 16.9 Å². The van der Waals surface area contributed by atoms with Crippen molar-refractivity contribution >= 4 is 17.4 Å². The standard InChI is InChI=1S/C19H21N5O/c1-13-2-4-14(5-3-13)18-19(24-11-10-20-12-16(24)23-18)21-9-8-17(25)22-15-6-7-15/h2-5,10-12,15,21H,6-9H2,1H3,(H,22,25). The molecule has 128 valence electrons. The highest BCUT2D eigenvalue weighted by Gasteiger charge is 2.23. The summed E-state index contributed by atoms with van der Waals surface area (Å²) in [5.74, 6) is 0.989. The predicted octanol–water partition coefficient (Wildman–Crippen LogP) is 2.79. The van der Waals surface area contributed by atoms with Crippen molar-refractivity contribution in [2.75, 3.05) is 11.9 Å². The van der Waals surface area contributed by atoms with Gasteiger partial charge in [-0.1, -0.05) is 29.8 Å². The second kappa shape index (κ2) is 6.55. The molecule has 25 heavy (non-hydrogen) atoms. The monoisotopic (exact) mass is 335 g/mol. The summed E-state index contributed by atoms with van der Waals surface area (Å²) in [5, 5.41) is 6.40. The summed E-state index contributed by atoms with van der Waals surface area (Å²) >= 11 is 0. The van der Waals surface area contributed by atoms with E-state index < -0.39 is 0 Å². The number of aryl methyl sites for hydroxylation is 1. The molecule has 2 N–H and O–H groups in total. The quantitative estimate of drug-likeness (QED) is 0.727. The number of aromatic nitrogens is 3. The van der Waals surface area contributed by atoms with Crippen molar-refractivity contribution in [3.8, 4) is 11.3 Å². The van der Waals surface area contributed by atoms with Crippen LogP contribution < -0.4 is 10.6 Å². The molecule has 4 rings (SSSR count). The number of anilines is 1. The van der Waals surface area contributed by atoms with Gasteiger partial charge in [-0.3, -0.25) is 14.2 Å². The molecule has 1 fully saturated rings. The highest BCUT2D eigenvalue weighted by molar-refractivity contribution is 5.79. The van der Waals surface area contributed by atoms with E-state index in [1.807, 2.05) is 10.6 Å². The topological polar surface area (TPSA) is 71.3 Å². The van der Waals surface area contributed by atoms with Crippen molar-refractivity contribution in [2.45, 2.75) is 32.2 Å². The summed E-state index contributed by atoms with van der Waals surface area (Å²) in [7, 11) is 0. The molecule has 0 unspecified atom stereocenters. The van der Waals surface area contributed by atoms with Gasteiger partial charge in [-0.15, -0.1) is 0 Å². The molecule has 6 heteroatoms. The zero-order valence-corrected chi connectivity index (χ0v) is 14.2. The Morgan fingerprint density at radius 2 is 2.08 bits per heavy atom. The Balaban J connectivity index is 1.58. The number of nitrogens with zero attached hydrogens (tertiary/aromatic N) is 3. The van der Waals surface area contributed by atoms with Crippen molar-refractivity contribution in [3.05, 3.63) is 48.4 Å². The van der Waals surface area contributed by atoms with Gasteiger partial charge in [0.25, 0.3) is 0 Å². The average Bonchev–Trinajstić information content (AvgIpc) is 3.35. The summed E-state index contributed by atoms with van der Waals surface area (Å²) in [6.45, 7) is 2.63. The summed E-state index contributed by atoms with van der Waals surface area (Å²) in [6, 6.07) is 8.68. The first kappa shape index (κ1) is 15.6. The number of imidazole rings is 1. The van der Waals surface area contributed by atoms with Gasteiger partial charge in [0, 0.05) is 37.0 Å². The Kier molecular flexibility index (Phi) is 4.09. The van der Waals surface area contributed by atoms with Crippen LogP contribution in [0.3, 0.4) is 0 Å².